The molecule has 0 spiro atoms. The molecule has 1 aromatic heterocycles. The van der Waals surface area contributed by atoms with Gasteiger partial charge in [-0.05, 0) is 49.5 Å². The lowest BCUT2D eigenvalue weighted by Gasteiger charge is -2.32. The zero-order chi connectivity index (χ0) is 17.9. The Balaban J connectivity index is 0.00000243. The maximum atomic E-state index is 12.7. The van der Waals surface area contributed by atoms with Gasteiger partial charge >= 0.3 is 0 Å². The molecule has 2 N–H and O–H groups in total. The van der Waals surface area contributed by atoms with Crippen molar-refractivity contribution >= 4 is 45.4 Å². The fourth-order valence-corrected chi connectivity index (χ4v) is 4.93. The SMILES string of the molecule is CNC1CCN(C(=O)c2cccc(NS(=O)(=O)c3cccs3)c2)CC1.Cl. The quantitative estimate of drug-likeness (QED) is 0.787. The number of hydrogen-bond donors (Lipinski definition) is 2. The maximum absolute atomic E-state index is 12.7. The molecule has 2 aromatic rings. The summed E-state index contributed by atoms with van der Waals surface area (Å²) in [7, 11) is -1.68. The number of thiophene rings is 1. The molecule has 6 nitrogen and oxygen atoms in total. The molecule has 1 saturated heterocycles. The number of nitrogens with zero attached hydrogens (tertiary/aromatic N) is 1. The van der Waals surface area contributed by atoms with Gasteiger partial charge in [-0.2, -0.15) is 0 Å². The number of hydrogen-bond acceptors (Lipinski definition) is 5. The smallest absolute Gasteiger partial charge is 0.271 e. The van der Waals surface area contributed by atoms with E-state index in [2.05, 4.69) is 10.0 Å². The van der Waals surface area contributed by atoms with E-state index in [0.29, 0.717) is 30.4 Å². The van der Waals surface area contributed by atoms with Gasteiger partial charge in [0.2, 0.25) is 0 Å². The minimum Gasteiger partial charge on any atom is -0.339 e. The van der Waals surface area contributed by atoms with E-state index in [1.165, 1.54) is 0 Å². The lowest BCUT2D eigenvalue weighted by Crippen LogP contribution is -2.43. The highest BCUT2D eigenvalue weighted by atomic mass is 35.5. The van der Waals surface area contributed by atoms with E-state index in [0.717, 1.165) is 24.2 Å². The van der Waals surface area contributed by atoms with Gasteiger partial charge in [-0.1, -0.05) is 12.1 Å². The third-order valence-electron chi connectivity index (χ3n) is 4.31. The van der Waals surface area contributed by atoms with Gasteiger partial charge in [-0.15, -0.1) is 23.7 Å². The summed E-state index contributed by atoms with van der Waals surface area (Å²) in [5.74, 6) is -0.0632. The van der Waals surface area contributed by atoms with Gasteiger partial charge in [-0.3, -0.25) is 9.52 Å². The van der Waals surface area contributed by atoms with Crippen molar-refractivity contribution in [3.63, 3.8) is 0 Å². The number of rotatable bonds is 5. The van der Waals surface area contributed by atoms with Gasteiger partial charge in [0.05, 0.1) is 0 Å². The lowest BCUT2D eigenvalue weighted by molar-refractivity contribution is 0.0707. The van der Waals surface area contributed by atoms with Gasteiger partial charge in [0, 0.05) is 30.4 Å². The molecule has 0 aliphatic carbocycles. The van der Waals surface area contributed by atoms with Gasteiger partial charge in [0.25, 0.3) is 15.9 Å². The fourth-order valence-electron chi connectivity index (χ4n) is 2.89. The Hall–Kier alpha value is -1.61. The standard InChI is InChI=1S/C17H21N3O3S2.ClH/c1-18-14-7-9-20(10-8-14)17(21)13-4-2-5-15(12-13)19-25(22,23)16-6-3-11-24-16;/h2-6,11-12,14,18-19H,7-10H2,1H3;1H. The van der Waals surface area contributed by atoms with Crippen molar-refractivity contribution in [1.29, 1.82) is 0 Å². The molecule has 2 heterocycles. The van der Waals surface area contributed by atoms with Crippen LogP contribution >= 0.6 is 23.7 Å². The van der Waals surface area contributed by atoms with Crippen molar-refractivity contribution in [3.8, 4) is 0 Å². The lowest BCUT2D eigenvalue weighted by atomic mass is 10.0. The van der Waals surface area contributed by atoms with Gasteiger partial charge in [0.1, 0.15) is 4.21 Å². The minimum absolute atomic E-state index is 0. The Morgan fingerprint density at radius 2 is 1.92 bits per heavy atom. The monoisotopic (exact) mass is 415 g/mol. The second-order valence-electron chi connectivity index (χ2n) is 5.97. The molecule has 0 atom stereocenters. The van der Waals surface area contributed by atoms with Crippen molar-refractivity contribution in [2.75, 3.05) is 24.9 Å². The first-order chi connectivity index (χ1) is 12.0. The molecule has 0 radical (unpaired) electrons. The average Bonchev–Trinajstić information content (AvgIpc) is 3.17. The highest BCUT2D eigenvalue weighted by molar-refractivity contribution is 7.94. The molecule has 0 bridgehead atoms. The van der Waals surface area contributed by atoms with Crippen molar-refractivity contribution in [2.24, 2.45) is 0 Å². The molecule has 3 rings (SSSR count). The summed E-state index contributed by atoms with van der Waals surface area (Å²) in [5, 5.41) is 4.95. The first-order valence-corrected chi connectivity index (χ1v) is 10.5. The Morgan fingerprint density at radius 3 is 2.54 bits per heavy atom. The maximum Gasteiger partial charge on any atom is 0.271 e. The van der Waals surface area contributed by atoms with Crippen molar-refractivity contribution in [3.05, 3.63) is 47.3 Å². The summed E-state index contributed by atoms with van der Waals surface area (Å²) in [4.78, 5) is 14.5. The first kappa shape index (κ1) is 20.7. The number of amides is 1. The number of carbonyl (C=O) groups excluding carboxylic acids is 1. The van der Waals surface area contributed by atoms with Crippen LogP contribution in [0.5, 0.6) is 0 Å². The number of halogens is 1. The first-order valence-electron chi connectivity index (χ1n) is 8.12. The minimum atomic E-state index is -3.61. The summed E-state index contributed by atoms with van der Waals surface area (Å²) in [5.41, 5.74) is 0.888. The second kappa shape index (κ2) is 8.85. The van der Waals surface area contributed by atoms with Crippen molar-refractivity contribution in [2.45, 2.75) is 23.1 Å². The van der Waals surface area contributed by atoms with Crippen LogP contribution in [0, 0.1) is 0 Å². The van der Waals surface area contributed by atoms with Crippen molar-refractivity contribution in [1.82, 2.24) is 10.2 Å². The van der Waals surface area contributed by atoms with Gasteiger partial charge < -0.3 is 10.2 Å². The van der Waals surface area contributed by atoms with Gasteiger partial charge in [0.15, 0.2) is 0 Å². The molecular formula is C17H22ClN3O3S2. The number of likely N-dealkylation sites (tertiary alicyclic amines) is 1. The molecule has 0 saturated carbocycles. The predicted molar refractivity (Wildman–Crippen MR) is 107 cm³/mol. The number of benzene rings is 1. The van der Waals surface area contributed by atoms with Crippen LogP contribution in [0.1, 0.15) is 23.2 Å². The third kappa shape index (κ3) is 4.76. The summed E-state index contributed by atoms with van der Waals surface area (Å²) in [6.45, 7) is 1.41. The van der Waals surface area contributed by atoms with Crippen LogP contribution in [0.3, 0.4) is 0 Å². The largest absolute Gasteiger partial charge is 0.339 e. The van der Waals surface area contributed by atoms with Crippen LogP contribution < -0.4 is 10.0 Å². The predicted octanol–water partition coefficient (Wildman–Crippen LogP) is 2.79. The van der Waals surface area contributed by atoms with Crippen LogP contribution in [0.2, 0.25) is 0 Å². The zero-order valence-corrected chi connectivity index (χ0v) is 16.8. The molecule has 1 aliphatic heterocycles. The van der Waals surface area contributed by atoms with Crippen LogP contribution in [0.4, 0.5) is 5.69 Å². The number of nitrogens with one attached hydrogen (secondary N) is 2. The van der Waals surface area contributed by atoms with E-state index >= 15 is 0 Å². The number of piperidine rings is 1. The highest BCUT2D eigenvalue weighted by Crippen LogP contribution is 2.22. The summed E-state index contributed by atoms with van der Waals surface area (Å²) >= 11 is 1.15. The number of sulfonamides is 1. The van der Waals surface area contributed by atoms with Crippen LogP contribution in [0.15, 0.2) is 46.0 Å². The third-order valence-corrected chi connectivity index (χ3v) is 7.09. The molecule has 26 heavy (non-hydrogen) atoms. The molecule has 0 unspecified atom stereocenters. The van der Waals surface area contributed by atoms with Crippen LogP contribution in [0.25, 0.3) is 0 Å². The fraction of sp³-hybridized carbons (Fsp3) is 0.353. The Bertz CT molecular complexity index is 833. The van der Waals surface area contributed by atoms with E-state index < -0.39 is 10.0 Å². The molecule has 9 heteroatoms. The second-order valence-corrected chi connectivity index (χ2v) is 8.83. The Labute approximate surface area is 164 Å². The molecular weight excluding hydrogens is 394 g/mol. The van der Waals surface area contributed by atoms with Crippen LogP contribution in [-0.4, -0.2) is 45.4 Å². The summed E-state index contributed by atoms with van der Waals surface area (Å²) in [6, 6.07) is 10.3. The number of anilines is 1. The topological polar surface area (TPSA) is 78.5 Å². The molecule has 1 fully saturated rings. The molecule has 142 valence electrons. The van der Waals surface area contributed by atoms with Crippen LogP contribution in [-0.2, 0) is 10.0 Å². The van der Waals surface area contributed by atoms with E-state index in [1.54, 1.807) is 41.8 Å². The Kier molecular flexibility index (Phi) is 7.05. The summed E-state index contributed by atoms with van der Waals surface area (Å²) < 4.78 is 27.4. The van der Waals surface area contributed by atoms with E-state index in [9.17, 15) is 13.2 Å². The number of carbonyl (C=O) groups is 1. The average molecular weight is 416 g/mol. The molecule has 1 aliphatic rings. The zero-order valence-electron chi connectivity index (χ0n) is 14.3. The highest BCUT2D eigenvalue weighted by Gasteiger charge is 2.23. The van der Waals surface area contributed by atoms with Gasteiger partial charge in [-0.25, -0.2) is 8.42 Å². The molecule has 1 amide bonds. The van der Waals surface area contributed by atoms with Crippen molar-refractivity contribution < 1.29 is 13.2 Å². The molecule has 1 aromatic carbocycles. The summed E-state index contributed by atoms with van der Waals surface area (Å²) in [6.07, 6.45) is 1.85. The van der Waals surface area contributed by atoms with E-state index in [1.807, 2.05) is 11.9 Å². The van der Waals surface area contributed by atoms with E-state index in [4.69, 9.17) is 0 Å². The normalized spacial score (nSPS) is 15.3. The van der Waals surface area contributed by atoms with E-state index in [-0.39, 0.29) is 22.5 Å². The Morgan fingerprint density at radius 1 is 1.19 bits per heavy atom.